The Morgan fingerprint density at radius 1 is 1.21 bits per heavy atom. The molecule has 0 saturated carbocycles. The third-order valence-electron chi connectivity index (χ3n) is 6.07. The number of fused-ring (bicyclic) bond motifs is 1. The molecule has 2 unspecified atom stereocenters. The average Bonchev–Trinajstić information content (AvgIpc) is 2.62. The van der Waals surface area contributed by atoms with Gasteiger partial charge in [-0.05, 0) is 91.8 Å². The molecule has 6 nitrogen and oxygen atoms in total. The third-order valence-corrected chi connectivity index (χ3v) is 11.2. The molecule has 0 radical (unpaired) electrons. The van der Waals surface area contributed by atoms with E-state index in [2.05, 4.69) is 55.1 Å². The van der Waals surface area contributed by atoms with Crippen LogP contribution < -0.4 is 10.9 Å². The molecule has 1 heterocycles. The molecule has 1 aromatic heterocycles. The maximum absolute atomic E-state index is 14.1. The van der Waals surface area contributed by atoms with Crippen molar-refractivity contribution < 1.29 is 18.3 Å². The predicted molar refractivity (Wildman–Crippen MR) is 141 cm³/mol. The SMILES string of the molecule is CC(CC(Cn1ccc2cc(Br)c(F)cc2c1=O)O[Si](C)(C)C(C)(C)C)NC(=O)OC(C)(C)C. The van der Waals surface area contributed by atoms with Crippen LogP contribution in [-0.4, -0.2) is 36.7 Å². The Morgan fingerprint density at radius 2 is 1.82 bits per heavy atom. The number of hydrogen-bond acceptors (Lipinski definition) is 4. The monoisotopic (exact) mass is 556 g/mol. The van der Waals surface area contributed by atoms with Crippen molar-refractivity contribution in [2.45, 2.75) is 97.3 Å². The van der Waals surface area contributed by atoms with Gasteiger partial charge in [0.05, 0.1) is 22.5 Å². The van der Waals surface area contributed by atoms with Crippen LogP contribution in [0.4, 0.5) is 9.18 Å². The first-order valence-corrected chi connectivity index (χ1v) is 15.3. The first-order chi connectivity index (χ1) is 15.4. The minimum Gasteiger partial charge on any atom is -0.444 e. The molecule has 2 rings (SSSR count). The zero-order chi connectivity index (χ0) is 26.1. The fraction of sp³-hybridized carbons (Fsp3) is 0.600. The number of rotatable bonds is 7. The summed E-state index contributed by atoms with van der Waals surface area (Å²) in [4.78, 5) is 25.4. The summed E-state index contributed by atoms with van der Waals surface area (Å²) < 4.78 is 28.1. The largest absolute Gasteiger partial charge is 0.444 e. The molecule has 0 aliphatic carbocycles. The summed E-state index contributed by atoms with van der Waals surface area (Å²) in [6.07, 6.45) is 1.38. The van der Waals surface area contributed by atoms with Crippen LogP contribution in [0.5, 0.6) is 0 Å². The summed E-state index contributed by atoms with van der Waals surface area (Å²) in [7, 11) is -2.18. The van der Waals surface area contributed by atoms with Crippen LogP contribution >= 0.6 is 15.9 Å². The lowest BCUT2D eigenvalue weighted by atomic mass is 10.1. The molecule has 0 aliphatic heterocycles. The number of alkyl carbamates (subject to hydrolysis) is 1. The second-order valence-corrected chi connectivity index (χ2v) is 17.0. The van der Waals surface area contributed by atoms with Crippen molar-refractivity contribution in [3.05, 3.63) is 45.0 Å². The summed E-state index contributed by atoms with van der Waals surface area (Å²) in [5.74, 6) is -0.480. The first-order valence-electron chi connectivity index (χ1n) is 11.5. The second kappa shape index (κ2) is 10.5. The van der Waals surface area contributed by atoms with Gasteiger partial charge in [0.2, 0.25) is 0 Å². The highest BCUT2D eigenvalue weighted by molar-refractivity contribution is 9.10. The van der Waals surface area contributed by atoms with Crippen molar-refractivity contribution in [2.24, 2.45) is 0 Å². The van der Waals surface area contributed by atoms with E-state index >= 15 is 0 Å². The number of benzene rings is 1. The van der Waals surface area contributed by atoms with E-state index in [1.54, 1.807) is 22.9 Å². The molecule has 190 valence electrons. The number of nitrogens with zero attached hydrogens (tertiary/aromatic N) is 1. The average molecular weight is 558 g/mol. The highest BCUT2D eigenvalue weighted by atomic mass is 79.9. The fourth-order valence-electron chi connectivity index (χ4n) is 3.36. The van der Waals surface area contributed by atoms with Gasteiger partial charge in [0.25, 0.3) is 5.56 Å². The maximum atomic E-state index is 14.1. The van der Waals surface area contributed by atoms with Gasteiger partial charge in [0.15, 0.2) is 8.32 Å². The molecule has 9 heteroatoms. The van der Waals surface area contributed by atoms with Crippen LogP contribution in [0.2, 0.25) is 18.1 Å². The molecule has 0 spiro atoms. The summed E-state index contributed by atoms with van der Waals surface area (Å²) >= 11 is 3.17. The summed E-state index contributed by atoms with van der Waals surface area (Å²) in [6.45, 7) is 18.4. The van der Waals surface area contributed by atoms with Crippen LogP contribution in [-0.2, 0) is 15.7 Å². The van der Waals surface area contributed by atoms with E-state index in [0.29, 0.717) is 28.2 Å². The lowest BCUT2D eigenvalue weighted by Crippen LogP contribution is -2.47. The van der Waals surface area contributed by atoms with E-state index in [4.69, 9.17) is 9.16 Å². The molecule has 0 fully saturated rings. The Labute approximate surface area is 211 Å². The van der Waals surface area contributed by atoms with Gasteiger partial charge in [0, 0.05) is 12.2 Å². The Kier molecular flexibility index (Phi) is 8.81. The fourth-order valence-corrected chi connectivity index (χ4v) is 5.08. The lowest BCUT2D eigenvalue weighted by molar-refractivity contribution is 0.0488. The molecular formula is C25H38BrFN2O4Si. The van der Waals surface area contributed by atoms with E-state index in [9.17, 15) is 14.0 Å². The Hall–Kier alpha value is -1.71. The zero-order valence-corrected chi connectivity index (χ0v) is 24.3. The molecule has 0 aliphatic rings. The van der Waals surface area contributed by atoms with Gasteiger partial charge in [0.1, 0.15) is 11.4 Å². The standard InChI is InChI=1S/C25H38BrFN2O4Si/c1-16(28-23(31)32-24(2,3)4)12-18(33-34(8,9)25(5,6)7)15-29-11-10-17-13-20(26)21(27)14-19(17)22(29)30/h10-11,13-14,16,18H,12,15H2,1-9H3,(H,28,31). The van der Waals surface area contributed by atoms with Crippen molar-refractivity contribution in [1.82, 2.24) is 9.88 Å². The first kappa shape index (κ1) is 28.5. The minimum absolute atomic E-state index is 0.0309. The number of aromatic nitrogens is 1. The van der Waals surface area contributed by atoms with Crippen molar-refractivity contribution in [3.8, 4) is 0 Å². The molecule has 1 amide bonds. The molecule has 2 atom stereocenters. The van der Waals surface area contributed by atoms with Crippen molar-refractivity contribution >= 4 is 41.1 Å². The van der Waals surface area contributed by atoms with Crippen LogP contribution in [0.1, 0.15) is 54.9 Å². The summed E-state index contributed by atoms with van der Waals surface area (Å²) in [5.41, 5.74) is -0.871. The molecule has 0 bridgehead atoms. The van der Waals surface area contributed by atoms with E-state index in [-0.39, 0.29) is 22.7 Å². The molecule has 34 heavy (non-hydrogen) atoms. The highest BCUT2D eigenvalue weighted by Crippen LogP contribution is 2.38. The van der Waals surface area contributed by atoms with Crippen molar-refractivity contribution in [1.29, 1.82) is 0 Å². The number of pyridine rings is 1. The summed E-state index contributed by atoms with van der Waals surface area (Å²) in [6, 6.07) is 4.42. The zero-order valence-electron chi connectivity index (χ0n) is 21.7. The van der Waals surface area contributed by atoms with Gasteiger partial charge in [-0.1, -0.05) is 20.8 Å². The number of carbonyl (C=O) groups excluding carboxylic acids is 1. The van der Waals surface area contributed by atoms with Gasteiger partial charge >= 0.3 is 6.09 Å². The van der Waals surface area contributed by atoms with Crippen LogP contribution in [0.25, 0.3) is 10.8 Å². The molecule has 0 saturated heterocycles. The Balaban J connectivity index is 2.33. The second-order valence-electron chi connectivity index (χ2n) is 11.4. The summed E-state index contributed by atoms with van der Waals surface area (Å²) in [5, 5.41) is 3.81. The van der Waals surface area contributed by atoms with Crippen molar-refractivity contribution in [3.63, 3.8) is 0 Å². The van der Waals surface area contributed by atoms with Gasteiger partial charge in [-0.2, -0.15) is 0 Å². The quantitative estimate of drug-likeness (QED) is 0.390. The number of amides is 1. The number of ether oxygens (including phenoxy) is 1. The minimum atomic E-state index is -2.18. The van der Waals surface area contributed by atoms with E-state index in [1.165, 1.54) is 6.07 Å². The van der Waals surface area contributed by atoms with Gasteiger partial charge in [-0.25, -0.2) is 9.18 Å². The number of carbonyl (C=O) groups is 1. The maximum Gasteiger partial charge on any atom is 0.407 e. The smallest absolute Gasteiger partial charge is 0.407 e. The van der Waals surface area contributed by atoms with Crippen LogP contribution in [0, 0.1) is 5.82 Å². The highest BCUT2D eigenvalue weighted by Gasteiger charge is 2.39. The van der Waals surface area contributed by atoms with Crippen molar-refractivity contribution in [2.75, 3.05) is 0 Å². The van der Waals surface area contributed by atoms with Gasteiger partial charge in [-0.15, -0.1) is 0 Å². The van der Waals surface area contributed by atoms with Gasteiger partial charge in [-0.3, -0.25) is 4.79 Å². The van der Waals surface area contributed by atoms with Crippen LogP contribution in [0.3, 0.4) is 0 Å². The molecule has 1 N–H and O–H groups in total. The molecular weight excluding hydrogens is 519 g/mol. The van der Waals surface area contributed by atoms with E-state index < -0.39 is 25.8 Å². The van der Waals surface area contributed by atoms with E-state index in [1.807, 2.05) is 27.7 Å². The number of nitrogens with one attached hydrogen (secondary N) is 1. The number of halogens is 2. The normalized spacial score (nSPS) is 14.7. The molecule has 2 aromatic rings. The Bertz CT molecular complexity index is 1090. The van der Waals surface area contributed by atoms with E-state index in [0.717, 1.165) is 0 Å². The number of hydrogen-bond donors (Lipinski definition) is 1. The Morgan fingerprint density at radius 3 is 2.38 bits per heavy atom. The molecule has 1 aromatic carbocycles. The third kappa shape index (κ3) is 7.65. The van der Waals surface area contributed by atoms with Gasteiger partial charge < -0.3 is 19.0 Å². The topological polar surface area (TPSA) is 69.6 Å². The van der Waals surface area contributed by atoms with Crippen LogP contribution in [0.15, 0.2) is 33.7 Å². The lowest BCUT2D eigenvalue weighted by Gasteiger charge is -2.40. The predicted octanol–water partition coefficient (Wildman–Crippen LogP) is 6.60.